The summed E-state index contributed by atoms with van der Waals surface area (Å²) in [6, 6.07) is 0.836. The zero-order chi connectivity index (χ0) is 10.9. The Labute approximate surface area is 84.6 Å². The van der Waals surface area contributed by atoms with E-state index in [9.17, 15) is 13.2 Å². The molecule has 2 nitrogen and oxygen atoms in total. The van der Waals surface area contributed by atoms with Gasteiger partial charge in [-0.2, -0.15) is 13.2 Å². The second kappa shape index (κ2) is 3.54. The predicted molar refractivity (Wildman–Crippen MR) is 46.6 cm³/mol. The third-order valence-corrected chi connectivity index (χ3v) is 1.91. The second-order valence-electron chi connectivity index (χ2n) is 3.31. The highest BCUT2D eigenvalue weighted by Crippen LogP contribution is 2.28. The van der Waals surface area contributed by atoms with Gasteiger partial charge in [0.2, 0.25) is 5.82 Å². The van der Waals surface area contributed by atoms with Gasteiger partial charge >= 0.3 is 6.18 Å². The van der Waals surface area contributed by atoms with Gasteiger partial charge in [-0.3, -0.25) is 0 Å². The van der Waals surface area contributed by atoms with Crippen molar-refractivity contribution in [3.05, 3.63) is 23.8 Å². The molecule has 0 unspecified atom stereocenters. The number of alkyl halides is 3. The van der Waals surface area contributed by atoms with Gasteiger partial charge in [0.05, 0.1) is 0 Å². The Morgan fingerprint density at radius 2 is 2.07 bits per heavy atom. The van der Waals surface area contributed by atoms with Crippen molar-refractivity contribution in [2.75, 3.05) is 0 Å². The van der Waals surface area contributed by atoms with E-state index in [0.29, 0.717) is 5.92 Å². The lowest BCUT2D eigenvalue weighted by Crippen LogP contribution is -2.09. The van der Waals surface area contributed by atoms with E-state index in [4.69, 9.17) is 0 Å². The fourth-order valence-electron chi connectivity index (χ4n) is 0.971. The van der Waals surface area contributed by atoms with Crippen molar-refractivity contribution >= 4 is 0 Å². The lowest BCUT2D eigenvalue weighted by Gasteiger charge is -2.03. The molecule has 0 spiro atoms. The van der Waals surface area contributed by atoms with E-state index < -0.39 is 11.9 Å². The molecule has 0 aliphatic heterocycles. The van der Waals surface area contributed by atoms with Crippen molar-refractivity contribution in [3.63, 3.8) is 0 Å². The summed E-state index contributed by atoms with van der Waals surface area (Å²) < 4.78 is 36.7. The van der Waals surface area contributed by atoms with Gasteiger partial charge in [0.25, 0.3) is 0 Å². The molecular weight excluding hydrogens is 205 g/mol. The summed E-state index contributed by atoms with van der Waals surface area (Å²) in [5.41, 5.74) is -0.947. The molecule has 0 atom stereocenters. The summed E-state index contributed by atoms with van der Waals surface area (Å²) >= 11 is 0. The monoisotopic (exact) mass is 212 g/mol. The maximum absolute atomic E-state index is 12.2. The minimum atomic E-state index is -4.43. The van der Waals surface area contributed by atoms with Crippen LogP contribution >= 0.6 is 0 Å². The van der Waals surface area contributed by atoms with E-state index in [1.807, 2.05) is 0 Å². The van der Waals surface area contributed by atoms with Gasteiger partial charge < -0.3 is 0 Å². The molecule has 0 radical (unpaired) electrons. The molecule has 1 aromatic rings. The number of hydrogen-bond acceptors (Lipinski definition) is 2. The summed E-state index contributed by atoms with van der Waals surface area (Å²) in [5, 5.41) is 0. The molecule has 0 bridgehead atoms. The van der Waals surface area contributed by atoms with Gasteiger partial charge in [-0.05, 0) is 24.8 Å². The maximum Gasteiger partial charge on any atom is 0.433 e. The van der Waals surface area contributed by atoms with E-state index in [2.05, 4.69) is 21.8 Å². The van der Waals surface area contributed by atoms with Crippen molar-refractivity contribution in [2.24, 2.45) is 5.92 Å². The van der Waals surface area contributed by atoms with Crippen LogP contribution in [-0.2, 0) is 6.18 Å². The SMILES string of the molecule is FC(F)(F)c1ccnc(C#CC2CC2)n1. The number of aromatic nitrogens is 2. The first-order valence-electron chi connectivity index (χ1n) is 4.47. The third kappa shape index (κ3) is 2.69. The van der Waals surface area contributed by atoms with Gasteiger partial charge in [0.1, 0.15) is 5.69 Å². The fraction of sp³-hybridized carbons (Fsp3) is 0.400. The molecule has 1 aliphatic rings. The third-order valence-electron chi connectivity index (χ3n) is 1.91. The molecule has 1 heterocycles. The van der Waals surface area contributed by atoms with Crippen LogP contribution in [0.5, 0.6) is 0 Å². The lowest BCUT2D eigenvalue weighted by atomic mass is 10.3. The summed E-state index contributed by atoms with van der Waals surface area (Å²) in [4.78, 5) is 7.00. The van der Waals surface area contributed by atoms with Crippen molar-refractivity contribution in [2.45, 2.75) is 19.0 Å². The quantitative estimate of drug-likeness (QED) is 0.616. The molecule has 5 heteroatoms. The van der Waals surface area contributed by atoms with Gasteiger partial charge in [0.15, 0.2) is 0 Å². The number of rotatable bonds is 0. The molecule has 15 heavy (non-hydrogen) atoms. The predicted octanol–water partition coefficient (Wildman–Crippen LogP) is 2.26. The van der Waals surface area contributed by atoms with E-state index in [0.717, 1.165) is 25.1 Å². The normalized spacial score (nSPS) is 15.7. The highest BCUT2D eigenvalue weighted by atomic mass is 19.4. The molecule has 1 aliphatic carbocycles. The van der Waals surface area contributed by atoms with E-state index >= 15 is 0 Å². The topological polar surface area (TPSA) is 25.8 Å². The van der Waals surface area contributed by atoms with Crippen LogP contribution in [0.1, 0.15) is 24.4 Å². The van der Waals surface area contributed by atoms with Gasteiger partial charge in [-0.15, -0.1) is 0 Å². The summed E-state index contributed by atoms with van der Waals surface area (Å²) in [6.07, 6.45) is -1.32. The van der Waals surface area contributed by atoms with Crippen LogP contribution in [-0.4, -0.2) is 9.97 Å². The van der Waals surface area contributed by atoms with Crippen molar-refractivity contribution in [1.82, 2.24) is 9.97 Å². The van der Waals surface area contributed by atoms with Gasteiger partial charge in [-0.25, -0.2) is 9.97 Å². The van der Waals surface area contributed by atoms with E-state index in [1.54, 1.807) is 0 Å². The van der Waals surface area contributed by atoms with Gasteiger partial charge in [0, 0.05) is 12.1 Å². The summed E-state index contributed by atoms with van der Waals surface area (Å²) in [7, 11) is 0. The Bertz CT molecular complexity index is 424. The highest BCUT2D eigenvalue weighted by molar-refractivity contribution is 5.24. The van der Waals surface area contributed by atoms with Crippen LogP contribution in [0.15, 0.2) is 12.3 Å². The van der Waals surface area contributed by atoms with Crippen LogP contribution in [0.4, 0.5) is 13.2 Å². The minimum absolute atomic E-state index is 0.0586. The molecule has 1 saturated carbocycles. The van der Waals surface area contributed by atoms with Crippen molar-refractivity contribution < 1.29 is 13.2 Å². The smallest absolute Gasteiger partial charge is 0.229 e. The van der Waals surface area contributed by atoms with Crippen LogP contribution < -0.4 is 0 Å². The van der Waals surface area contributed by atoms with Crippen LogP contribution in [0.25, 0.3) is 0 Å². The molecule has 78 valence electrons. The zero-order valence-corrected chi connectivity index (χ0v) is 7.67. The minimum Gasteiger partial charge on any atom is -0.229 e. The average Bonchev–Trinajstić information content (AvgIpc) is 2.97. The molecule has 1 fully saturated rings. The molecule has 0 saturated heterocycles. The van der Waals surface area contributed by atoms with Crippen LogP contribution in [0.2, 0.25) is 0 Å². The fourth-order valence-corrected chi connectivity index (χ4v) is 0.971. The van der Waals surface area contributed by atoms with Crippen molar-refractivity contribution in [3.8, 4) is 11.8 Å². The van der Waals surface area contributed by atoms with E-state index in [1.165, 1.54) is 0 Å². The Hall–Kier alpha value is -1.57. The number of hydrogen-bond donors (Lipinski definition) is 0. The first-order chi connectivity index (χ1) is 7.05. The van der Waals surface area contributed by atoms with E-state index in [-0.39, 0.29) is 5.82 Å². The first kappa shape index (κ1) is 9.97. The molecular formula is C10H7F3N2. The first-order valence-corrected chi connectivity index (χ1v) is 4.47. The van der Waals surface area contributed by atoms with Crippen LogP contribution in [0.3, 0.4) is 0 Å². The molecule has 2 rings (SSSR count). The highest BCUT2D eigenvalue weighted by Gasteiger charge is 2.32. The van der Waals surface area contributed by atoms with Crippen LogP contribution in [0, 0.1) is 17.8 Å². The number of nitrogens with zero attached hydrogens (tertiary/aromatic N) is 2. The lowest BCUT2D eigenvalue weighted by molar-refractivity contribution is -0.141. The Morgan fingerprint density at radius 1 is 1.33 bits per heavy atom. The molecule has 1 aromatic heterocycles. The maximum atomic E-state index is 12.2. The Kier molecular flexibility index (Phi) is 2.35. The summed E-state index contributed by atoms with van der Waals surface area (Å²) in [5.74, 6) is 5.62. The summed E-state index contributed by atoms with van der Waals surface area (Å²) in [6.45, 7) is 0. The average molecular weight is 212 g/mol. The second-order valence-corrected chi connectivity index (χ2v) is 3.31. The number of halogens is 3. The van der Waals surface area contributed by atoms with Gasteiger partial charge in [-0.1, -0.05) is 5.92 Å². The zero-order valence-electron chi connectivity index (χ0n) is 7.67. The largest absolute Gasteiger partial charge is 0.433 e. The molecule has 0 N–H and O–H groups in total. The Morgan fingerprint density at radius 3 is 2.67 bits per heavy atom. The molecule has 0 aromatic carbocycles. The molecule has 0 amide bonds. The standard InChI is InChI=1S/C10H7F3N2/c11-10(12,13)8-5-6-14-9(15-8)4-3-7-1-2-7/h5-7H,1-2H2. The Balaban J connectivity index is 2.23. The van der Waals surface area contributed by atoms with Crippen molar-refractivity contribution in [1.29, 1.82) is 0 Å².